The third-order valence-electron chi connectivity index (χ3n) is 2.49. The molecule has 1 aromatic carbocycles. The van der Waals surface area contributed by atoms with E-state index in [-0.39, 0.29) is 12.5 Å². The Morgan fingerprint density at radius 3 is 2.53 bits per heavy atom. The molecule has 0 aliphatic heterocycles. The second kappa shape index (κ2) is 7.79. The zero-order valence-electron chi connectivity index (χ0n) is 11.1. The monoisotopic (exact) mass is 323 g/mol. The van der Waals surface area contributed by atoms with E-state index in [2.05, 4.69) is 29.1 Å². The molecule has 102 valence electrons. The van der Waals surface area contributed by atoms with Crippen molar-refractivity contribution in [1.82, 2.24) is 4.90 Å². The number of carbonyl (C=O) groups excluding carboxylic acids is 1. The standard InChI is InChI=1S/C15H18BrNO2/c1-4-8-17(9-5-2)15(18)11-19-14-7-6-12(3)10-13(14)16/h4-7,10H,1-2,8-9,11H2,3H3. The average molecular weight is 324 g/mol. The van der Waals surface area contributed by atoms with Crippen molar-refractivity contribution in [2.24, 2.45) is 0 Å². The second-order valence-corrected chi connectivity index (χ2v) is 4.95. The van der Waals surface area contributed by atoms with Crippen LogP contribution in [0.25, 0.3) is 0 Å². The molecule has 0 aromatic heterocycles. The predicted octanol–water partition coefficient (Wildman–Crippen LogP) is 3.34. The van der Waals surface area contributed by atoms with Crippen LogP contribution in [0.5, 0.6) is 5.75 Å². The van der Waals surface area contributed by atoms with Crippen molar-refractivity contribution in [3.8, 4) is 5.75 Å². The largest absolute Gasteiger partial charge is 0.483 e. The van der Waals surface area contributed by atoms with E-state index in [9.17, 15) is 4.79 Å². The van der Waals surface area contributed by atoms with Gasteiger partial charge in [-0.2, -0.15) is 0 Å². The molecule has 0 atom stereocenters. The summed E-state index contributed by atoms with van der Waals surface area (Å²) < 4.78 is 6.37. The third kappa shape index (κ3) is 4.91. The van der Waals surface area contributed by atoms with Gasteiger partial charge in [0.2, 0.25) is 0 Å². The molecule has 0 radical (unpaired) electrons. The van der Waals surface area contributed by atoms with Crippen LogP contribution in [0.4, 0.5) is 0 Å². The lowest BCUT2D eigenvalue weighted by Crippen LogP contribution is -2.35. The molecule has 0 saturated heterocycles. The quantitative estimate of drug-likeness (QED) is 0.720. The fraction of sp³-hybridized carbons (Fsp3) is 0.267. The lowest BCUT2D eigenvalue weighted by Gasteiger charge is -2.19. The van der Waals surface area contributed by atoms with Crippen LogP contribution >= 0.6 is 15.9 Å². The molecule has 0 unspecified atom stereocenters. The lowest BCUT2D eigenvalue weighted by molar-refractivity contribution is -0.132. The van der Waals surface area contributed by atoms with E-state index in [4.69, 9.17) is 4.74 Å². The highest BCUT2D eigenvalue weighted by Gasteiger charge is 2.12. The molecule has 0 N–H and O–H groups in total. The van der Waals surface area contributed by atoms with Crippen LogP contribution in [0, 0.1) is 6.92 Å². The number of rotatable bonds is 7. The Balaban J connectivity index is 2.61. The Morgan fingerprint density at radius 1 is 1.37 bits per heavy atom. The molecular weight excluding hydrogens is 306 g/mol. The molecule has 0 aliphatic rings. The van der Waals surface area contributed by atoms with Crippen molar-refractivity contribution in [2.75, 3.05) is 19.7 Å². The number of carbonyl (C=O) groups is 1. The maximum atomic E-state index is 12.0. The molecule has 4 heteroatoms. The van der Waals surface area contributed by atoms with Gasteiger partial charge in [0.15, 0.2) is 6.61 Å². The van der Waals surface area contributed by atoms with Crippen LogP contribution in [-0.4, -0.2) is 30.5 Å². The maximum Gasteiger partial charge on any atom is 0.261 e. The number of ether oxygens (including phenoxy) is 1. The summed E-state index contributed by atoms with van der Waals surface area (Å²) >= 11 is 3.41. The Labute approximate surface area is 122 Å². The first kappa shape index (κ1) is 15.5. The fourth-order valence-corrected chi connectivity index (χ4v) is 2.15. The second-order valence-electron chi connectivity index (χ2n) is 4.10. The minimum Gasteiger partial charge on any atom is -0.483 e. The number of hydrogen-bond donors (Lipinski definition) is 0. The first-order valence-electron chi connectivity index (χ1n) is 5.97. The topological polar surface area (TPSA) is 29.5 Å². The molecule has 0 bridgehead atoms. The van der Waals surface area contributed by atoms with E-state index >= 15 is 0 Å². The summed E-state index contributed by atoms with van der Waals surface area (Å²) in [6.07, 6.45) is 3.37. The summed E-state index contributed by atoms with van der Waals surface area (Å²) in [6.45, 7) is 10.2. The summed E-state index contributed by atoms with van der Waals surface area (Å²) in [6, 6.07) is 5.74. The number of nitrogens with zero attached hydrogens (tertiary/aromatic N) is 1. The van der Waals surface area contributed by atoms with E-state index in [0.29, 0.717) is 18.8 Å². The average Bonchev–Trinajstić information content (AvgIpc) is 2.37. The zero-order chi connectivity index (χ0) is 14.3. The Hall–Kier alpha value is -1.55. The van der Waals surface area contributed by atoms with Crippen LogP contribution < -0.4 is 4.74 Å². The van der Waals surface area contributed by atoms with Crippen LogP contribution in [0.2, 0.25) is 0 Å². The molecule has 1 amide bonds. The van der Waals surface area contributed by atoms with Gasteiger partial charge in [-0.05, 0) is 40.5 Å². The highest BCUT2D eigenvalue weighted by Crippen LogP contribution is 2.25. The molecule has 1 aromatic rings. The number of hydrogen-bond acceptors (Lipinski definition) is 2. The predicted molar refractivity (Wildman–Crippen MR) is 81.3 cm³/mol. The van der Waals surface area contributed by atoms with E-state index in [1.165, 1.54) is 0 Å². The molecule has 0 spiro atoms. The molecule has 19 heavy (non-hydrogen) atoms. The normalized spacial score (nSPS) is 9.79. The van der Waals surface area contributed by atoms with E-state index in [1.54, 1.807) is 17.1 Å². The van der Waals surface area contributed by atoms with E-state index in [0.717, 1.165) is 10.0 Å². The summed E-state index contributed by atoms with van der Waals surface area (Å²) in [5, 5.41) is 0. The number of halogens is 1. The summed E-state index contributed by atoms with van der Waals surface area (Å²) in [5.74, 6) is 0.573. The summed E-state index contributed by atoms with van der Waals surface area (Å²) in [7, 11) is 0. The van der Waals surface area contributed by atoms with Crippen molar-refractivity contribution in [2.45, 2.75) is 6.92 Å². The van der Waals surface area contributed by atoms with Crippen molar-refractivity contribution in [1.29, 1.82) is 0 Å². The van der Waals surface area contributed by atoms with Crippen molar-refractivity contribution < 1.29 is 9.53 Å². The minimum absolute atomic E-state index is 0.00331. The van der Waals surface area contributed by atoms with Gasteiger partial charge < -0.3 is 9.64 Å². The highest BCUT2D eigenvalue weighted by molar-refractivity contribution is 9.10. The maximum absolute atomic E-state index is 12.0. The number of aryl methyl sites for hydroxylation is 1. The zero-order valence-corrected chi connectivity index (χ0v) is 12.6. The smallest absolute Gasteiger partial charge is 0.261 e. The number of benzene rings is 1. The van der Waals surface area contributed by atoms with Gasteiger partial charge in [0, 0.05) is 13.1 Å². The third-order valence-corrected chi connectivity index (χ3v) is 3.11. The molecule has 0 saturated carbocycles. The van der Waals surface area contributed by atoms with Gasteiger partial charge in [0.25, 0.3) is 5.91 Å². The Morgan fingerprint density at radius 2 is 2.00 bits per heavy atom. The van der Waals surface area contributed by atoms with E-state index in [1.807, 2.05) is 25.1 Å². The van der Waals surface area contributed by atoms with Gasteiger partial charge in [0.05, 0.1) is 4.47 Å². The minimum atomic E-state index is -0.0905. The summed E-state index contributed by atoms with van der Waals surface area (Å²) in [5.41, 5.74) is 1.13. The van der Waals surface area contributed by atoms with Crippen LogP contribution in [0.15, 0.2) is 48.0 Å². The van der Waals surface area contributed by atoms with Crippen LogP contribution in [-0.2, 0) is 4.79 Å². The van der Waals surface area contributed by atoms with Gasteiger partial charge in [-0.15, -0.1) is 13.2 Å². The molecule has 3 nitrogen and oxygen atoms in total. The summed E-state index contributed by atoms with van der Waals surface area (Å²) in [4.78, 5) is 13.6. The highest BCUT2D eigenvalue weighted by atomic mass is 79.9. The molecule has 0 aliphatic carbocycles. The molecule has 0 fully saturated rings. The van der Waals surface area contributed by atoms with Crippen LogP contribution in [0.1, 0.15) is 5.56 Å². The molecule has 0 heterocycles. The number of amides is 1. The van der Waals surface area contributed by atoms with Crippen molar-refractivity contribution in [3.05, 3.63) is 53.5 Å². The van der Waals surface area contributed by atoms with Crippen molar-refractivity contribution >= 4 is 21.8 Å². The fourth-order valence-electron chi connectivity index (χ4n) is 1.54. The lowest BCUT2D eigenvalue weighted by atomic mass is 10.2. The van der Waals surface area contributed by atoms with Gasteiger partial charge in [-0.3, -0.25) is 4.79 Å². The Kier molecular flexibility index (Phi) is 6.36. The van der Waals surface area contributed by atoms with Crippen LogP contribution in [0.3, 0.4) is 0 Å². The molecular formula is C15H18BrNO2. The van der Waals surface area contributed by atoms with E-state index < -0.39 is 0 Å². The van der Waals surface area contributed by atoms with Gasteiger partial charge >= 0.3 is 0 Å². The SMILES string of the molecule is C=CCN(CC=C)C(=O)COc1ccc(C)cc1Br. The Bertz CT molecular complexity index is 461. The first-order valence-corrected chi connectivity index (χ1v) is 6.76. The van der Waals surface area contributed by atoms with Gasteiger partial charge in [0.1, 0.15) is 5.75 Å². The van der Waals surface area contributed by atoms with Gasteiger partial charge in [-0.25, -0.2) is 0 Å². The molecule has 1 rings (SSSR count). The van der Waals surface area contributed by atoms with Gasteiger partial charge in [-0.1, -0.05) is 18.2 Å². The van der Waals surface area contributed by atoms with Crippen molar-refractivity contribution in [3.63, 3.8) is 0 Å². The first-order chi connectivity index (χ1) is 9.08.